The molecule has 0 fully saturated rings. The van der Waals surface area contributed by atoms with Gasteiger partial charge in [-0.15, -0.1) is 22.9 Å². The molecule has 0 saturated carbocycles. The lowest BCUT2D eigenvalue weighted by Crippen LogP contribution is -2.05. The Morgan fingerprint density at radius 1 is 1.17 bits per heavy atom. The van der Waals surface area contributed by atoms with Crippen molar-refractivity contribution in [2.45, 2.75) is 25.3 Å². The molecule has 0 aliphatic heterocycles. The molecule has 2 aromatic rings. The second-order valence-electron chi connectivity index (χ2n) is 4.28. The van der Waals surface area contributed by atoms with Crippen LogP contribution in [-0.2, 0) is 0 Å². The number of hydrogen-bond donors (Lipinski definition) is 0. The molecular formula is C14H14BrClOS. The number of thiophene rings is 1. The van der Waals surface area contributed by atoms with Crippen LogP contribution in [0, 0.1) is 0 Å². The Bertz CT molecular complexity index is 507. The molecule has 0 radical (unpaired) electrons. The summed E-state index contributed by atoms with van der Waals surface area (Å²) in [4.78, 5) is 0. The van der Waals surface area contributed by atoms with Crippen molar-refractivity contribution < 1.29 is 4.74 Å². The van der Waals surface area contributed by atoms with Crippen LogP contribution in [0.3, 0.4) is 0 Å². The summed E-state index contributed by atoms with van der Waals surface area (Å²) in [6, 6.07) is 10.0. The maximum atomic E-state index is 6.45. The van der Waals surface area contributed by atoms with Crippen LogP contribution in [0.15, 0.2) is 39.5 Å². The summed E-state index contributed by atoms with van der Waals surface area (Å²) in [5, 5.41) is 1.96. The van der Waals surface area contributed by atoms with Crippen molar-refractivity contribution in [1.29, 1.82) is 0 Å². The fourth-order valence-electron chi connectivity index (χ4n) is 1.64. The molecule has 1 nitrogen and oxygen atoms in total. The highest BCUT2D eigenvalue weighted by Crippen LogP contribution is 2.34. The first-order chi connectivity index (χ1) is 8.56. The quantitative estimate of drug-likeness (QED) is 0.653. The third-order valence-corrected chi connectivity index (χ3v) is 4.45. The van der Waals surface area contributed by atoms with E-state index < -0.39 is 0 Å². The summed E-state index contributed by atoms with van der Waals surface area (Å²) < 4.78 is 6.71. The van der Waals surface area contributed by atoms with E-state index in [0.29, 0.717) is 0 Å². The zero-order valence-electron chi connectivity index (χ0n) is 10.2. The zero-order chi connectivity index (χ0) is 13.1. The van der Waals surface area contributed by atoms with Gasteiger partial charge in [0, 0.05) is 0 Å². The molecule has 0 amide bonds. The van der Waals surface area contributed by atoms with Gasteiger partial charge in [-0.05, 0) is 64.5 Å². The lowest BCUT2D eigenvalue weighted by Gasteiger charge is -2.12. The van der Waals surface area contributed by atoms with Gasteiger partial charge in [-0.25, -0.2) is 0 Å². The molecule has 18 heavy (non-hydrogen) atoms. The van der Waals surface area contributed by atoms with Gasteiger partial charge in [0.15, 0.2) is 0 Å². The topological polar surface area (TPSA) is 9.23 Å². The van der Waals surface area contributed by atoms with Gasteiger partial charge in [-0.2, -0.15) is 0 Å². The highest BCUT2D eigenvalue weighted by Gasteiger charge is 2.12. The minimum Gasteiger partial charge on any atom is -0.491 e. The van der Waals surface area contributed by atoms with E-state index >= 15 is 0 Å². The molecule has 1 aromatic heterocycles. The summed E-state index contributed by atoms with van der Waals surface area (Å²) in [6.45, 7) is 4.03. The van der Waals surface area contributed by atoms with Gasteiger partial charge < -0.3 is 4.74 Å². The van der Waals surface area contributed by atoms with Crippen molar-refractivity contribution in [3.63, 3.8) is 0 Å². The molecule has 4 heteroatoms. The fourth-order valence-corrected chi connectivity index (χ4v) is 3.18. The van der Waals surface area contributed by atoms with E-state index in [1.807, 2.05) is 38.1 Å². The van der Waals surface area contributed by atoms with Gasteiger partial charge in [-0.3, -0.25) is 0 Å². The van der Waals surface area contributed by atoms with Gasteiger partial charge >= 0.3 is 0 Å². The summed E-state index contributed by atoms with van der Waals surface area (Å²) in [6.07, 6.45) is 0.190. The van der Waals surface area contributed by atoms with Crippen LogP contribution in [0.1, 0.15) is 30.4 Å². The lowest BCUT2D eigenvalue weighted by molar-refractivity contribution is 0.242. The van der Waals surface area contributed by atoms with E-state index in [0.717, 1.165) is 20.7 Å². The van der Waals surface area contributed by atoms with Crippen LogP contribution in [0.4, 0.5) is 0 Å². The molecule has 0 spiro atoms. The molecule has 1 heterocycles. The Balaban J connectivity index is 2.14. The van der Waals surface area contributed by atoms with Gasteiger partial charge in [-0.1, -0.05) is 12.1 Å². The van der Waals surface area contributed by atoms with Crippen LogP contribution in [-0.4, -0.2) is 6.10 Å². The van der Waals surface area contributed by atoms with Crippen LogP contribution >= 0.6 is 38.9 Å². The first-order valence-corrected chi connectivity index (χ1v) is 7.82. The fraction of sp³-hybridized carbons (Fsp3) is 0.286. The second kappa shape index (κ2) is 6.09. The summed E-state index contributed by atoms with van der Waals surface area (Å²) >= 11 is 11.5. The van der Waals surface area contributed by atoms with E-state index in [1.54, 1.807) is 11.3 Å². The molecule has 0 N–H and O–H groups in total. The third-order valence-electron chi connectivity index (χ3n) is 2.42. The minimum atomic E-state index is -0.111. The van der Waals surface area contributed by atoms with Crippen molar-refractivity contribution >= 4 is 38.9 Å². The first kappa shape index (κ1) is 13.9. The molecule has 0 aliphatic carbocycles. The van der Waals surface area contributed by atoms with Crippen LogP contribution in [0.5, 0.6) is 5.75 Å². The second-order valence-corrected chi connectivity index (χ2v) is 7.01. The Morgan fingerprint density at radius 2 is 1.83 bits per heavy atom. The van der Waals surface area contributed by atoms with E-state index in [-0.39, 0.29) is 11.5 Å². The van der Waals surface area contributed by atoms with E-state index in [2.05, 4.69) is 27.4 Å². The van der Waals surface area contributed by atoms with Crippen molar-refractivity contribution in [1.82, 2.24) is 0 Å². The molecule has 0 saturated heterocycles. The molecule has 0 aliphatic rings. The first-order valence-electron chi connectivity index (χ1n) is 5.71. The number of benzene rings is 1. The van der Waals surface area contributed by atoms with Gasteiger partial charge in [0.2, 0.25) is 0 Å². The average Bonchev–Trinajstić information content (AvgIpc) is 2.75. The van der Waals surface area contributed by atoms with Crippen LogP contribution in [0.2, 0.25) is 0 Å². The Kier molecular flexibility index (Phi) is 4.71. The monoisotopic (exact) mass is 344 g/mol. The number of ether oxygens (including phenoxy) is 1. The number of rotatable bonds is 4. The van der Waals surface area contributed by atoms with E-state index in [4.69, 9.17) is 16.3 Å². The van der Waals surface area contributed by atoms with Crippen LogP contribution in [0.25, 0.3) is 0 Å². The highest BCUT2D eigenvalue weighted by atomic mass is 79.9. The Morgan fingerprint density at radius 3 is 2.33 bits per heavy atom. The molecule has 0 bridgehead atoms. The number of hydrogen-bond acceptors (Lipinski definition) is 2. The standard InChI is InChI=1S/C14H14BrClOS/c1-9(2)17-12-5-3-10(4-6-12)14(16)11-7-13(15)18-8-11/h3-9,14H,1-2H3. The summed E-state index contributed by atoms with van der Waals surface area (Å²) in [5.74, 6) is 0.879. The summed E-state index contributed by atoms with van der Waals surface area (Å²) in [7, 11) is 0. The van der Waals surface area contributed by atoms with Gasteiger partial charge in [0.25, 0.3) is 0 Å². The predicted molar refractivity (Wildman–Crippen MR) is 81.9 cm³/mol. The Hall–Kier alpha value is -0.510. The lowest BCUT2D eigenvalue weighted by atomic mass is 10.1. The predicted octanol–water partition coefficient (Wildman–Crippen LogP) is 5.63. The van der Waals surface area contributed by atoms with Crippen molar-refractivity contribution in [3.8, 4) is 5.75 Å². The van der Waals surface area contributed by atoms with Crippen LogP contribution < -0.4 is 4.74 Å². The van der Waals surface area contributed by atoms with Crippen molar-refractivity contribution in [2.75, 3.05) is 0 Å². The molecule has 2 rings (SSSR count). The normalized spacial score (nSPS) is 12.7. The highest BCUT2D eigenvalue weighted by molar-refractivity contribution is 9.11. The SMILES string of the molecule is CC(C)Oc1ccc(C(Cl)c2csc(Br)c2)cc1. The molecule has 1 atom stereocenters. The number of alkyl halides is 1. The largest absolute Gasteiger partial charge is 0.491 e. The van der Waals surface area contributed by atoms with Crippen molar-refractivity contribution in [2.24, 2.45) is 0 Å². The van der Waals surface area contributed by atoms with E-state index in [9.17, 15) is 0 Å². The maximum absolute atomic E-state index is 6.45. The minimum absolute atomic E-state index is 0.111. The maximum Gasteiger partial charge on any atom is 0.119 e. The molecule has 1 aromatic carbocycles. The Labute approximate surface area is 125 Å². The summed E-state index contributed by atoms with van der Waals surface area (Å²) in [5.41, 5.74) is 2.20. The smallest absolute Gasteiger partial charge is 0.119 e. The zero-order valence-corrected chi connectivity index (χ0v) is 13.3. The number of halogens is 2. The van der Waals surface area contributed by atoms with Gasteiger partial charge in [0.1, 0.15) is 5.75 Å². The third kappa shape index (κ3) is 3.50. The molecular weight excluding hydrogens is 332 g/mol. The molecule has 96 valence electrons. The van der Waals surface area contributed by atoms with Gasteiger partial charge in [0.05, 0.1) is 15.3 Å². The average molecular weight is 346 g/mol. The molecule has 1 unspecified atom stereocenters. The van der Waals surface area contributed by atoms with Crippen molar-refractivity contribution in [3.05, 3.63) is 50.6 Å². The van der Waals surface area contributed by atoms with E-state index in [1.165, 1.54) is 0 Å².